The molecule has 1 heterocycles. The molecule has 0 spiro atoms. The number of anilines is 1. The fourth-order valence-corrected chi connectivity index (χ4v) is 4.00. The molecule has 6 heteroatoms. The zero-order valence-electron chi connectivity index (χ0n) is 16.2. The lowest BCUT2D eigenvalue weighted by Crippen LogP contribution is -3.06. The van der Waals surface area contributed by atoms with Gasteiger partial charge in [-0.05, 0) is 43.2 Å². The van der Waals surface area contributed by atoms with Crippen molar-refractivity contribution >= 4 is 32.6 Å². The molecule has 0 radical (unpaired) electrons. The van der Waals surface area contributed by atoms with Crippen LogP contribution in [0.15, 0.2) is 36.4 Å². The predicted molar refractivity (Wildman–Crippen MR) is 109 cm³/mol. The fraction of sp³-hybridized carbons (Fsp3) is 0.333. The van der Waals surface area contributed by atoms with Gasteiger partial charge in [-0.25, -0.2) is 9.37 Å². The molecule has 0 aliphatic rings. The van der Waals surface area contributed by atoms with Crippen molar-refractivity contribution in [1.29, 1.82) is 0 Å². The monoisotopic (exact) mass is 386 g/mol. The van der Waals surface area contributed by atoms with Gasteiger partial charge in [0.05, 0.1) is 43.8 Å². The molecule has 4 nitrogen and oxygen atoms in total. The van der Waals surface area contributed by atoms with Crippen molar-refractivity contribution in [3.8, 4) is 0 Å². The Morgan fingerprint density at radius 3 is 2.67 bits per heavy atom. The van der Waals surface area contributed by atoms with E-state index >= 15 is 0 Å². The number of hydrogen-bond donors (Lipinski definition) is 1. The van der Waals surface area contributed by atoms with Crippen LogP contribution in [0.1, 0.15) is 16.7 Å². The van der Waals surface area contributed by atoms with E-state index in [-0.39, 0.29) is 11.7 Å². The Morgan fingerprint density at radius 1 is 1.19 bits per heavy atom. The molecule has 27 heavy (non-hydrogen) atoms. The predicted octanol–water partition coefficient (Wildman–Crippen LogP) is 2.77. The molecule has 0 unspecified atom stereocenters. The molecular formula is C21H25FN3OS+. The van der Waals surface area contributed by atoms with Crippen LogP contribution in [0.4, 0.5) is 9.52 Å². The number of thiazole rings is 1. The summed E-state index contributed by atoms with van der Waals surface area (Å²) in [6, 6.07) is 10.7. The number of carbonyl (C=O) groups is 1. The lowest BCUT2D eigenvalue weighted by Gasteiger charge is -2.21. The molecule has 0 atom stereocenters. The quantitative estimate of drug-likeness (QED) is 0.707. The number of halogens is 1. The van der Waals surface area contributed by atoms with Crippen LogP contribution in [-0.2, 0) is 11.2 Å². The van der Waals surface area contributed by atoms with Gasteiger partial charge in [0, 0.05) is 0 Å². The number of nitrogens with one attached hydrogen (secondary N) is 1. The summed E-state index contributed by atoms with van der Waals surface area (Å²) in [4.78, 5) is 20.7. The lowest BCUT2D eigenvalue weighted by molar-refractivity contribution is -0.856. The number of amides is 1. The van der Waals surface area contributed by atoms with Crippen molar-refractivity contribution in [3.05, 3.63) is 58.9 Å². The summed E-state index contributed by atoms with van der Waals surface area (Å²) in [5, 5.41) is 0.631. The number of nitrogens with zero attached hydrogens (tertiary/aromatic N) is 2. The average Bonchev–Trinajstić information content (AvgIpc) is 3.00. The minimum absolute atomic E-state index is 0.0164. The maximum absolute atomic E-state index is 13.5. The number of benzene rings is 2. The first-order chi connectivity index (χ1) is 12.8. The second kappa shape index (κ2) is 8.15. The Morgan fingerprint density at radius 2 is 1.96 bits per heavy atom. The number of carbonyl (C=O) groups excluding carboxylic acids is 1. The summed E-state index contributed by atoms with van der Waals surface area (Å²) in [7, 11) is 4.11. The summed E-state index contributed by atoms with van der Waals surface area (Å²) in [6.07, 6.45) is 0.333. The maximum atomic E-state index is 13.5. The van der Waals surface area contributed by atoms with E-state index in [1.165, 1.54) is 33.9 Å². The van der Waals surface area contributed by atoms with Gasteiger partial charge in [0.2, 0.25) is 5.91 Å². The molecule has 0 bridgehead atoms. The van der Waals surface area contributed by atoms with E-state index in [0.717, 1.165) is 27.9 Å². The molecule has 1 N–H and O–H groups in total. The number of aromatic nitrogens is 1. The van der Waals surface area contributed by atoms with E-state index in [2.05, 4.69) is 25.1 Å². The van der Waals surface area contributed by atoms with Crippen molar-refractivity contribution in [3.63, 3.8) is 0 Å². The van der Waals surface area contributed by atoms with Crippen LogP contribution in [0.3, 0.4) is 0 Å². The standard InChI is InChI=1S/C21H24FN3OS/c1-14-5-6-16(15(2)11-14)12-20(26)25(10-9-24(3)4)21-23-18-8-7-17(22)13-19(18)27-21/h5-8,11,13H,9-10,12H2,1-4H3/p+1. The molecule has 0 aliphatic carbocycles. The van der Waals surface area contributed by atoms with Crippen molar-refractivity contribution in [1.82, 2.24) is 4.98 Å². The van der Waals surface area contributed by atoms with Crippen molar-refractivity contribution in [2.24, 2.45) is 0 Å². The molecule has 142 valence electrons. The van der Waals surface area contributed by atoms with E-state index in [1.807, 2.05) is 26.0 Å². The summed E-state index contributed by atoms with van der Waals surface area (Å²) < 4.78 is 14.3. The largest absolute Gasteiger partial charge is 0.338 e. The Balaban J connectivity index is 1.90. The zero-order chi connectivity index (χ0) is 19.6. The van der Waals surface area contributed by atoms with Crippen LogP contribution in [0.5, 0.6) is 0 Å². The first-order valence-corrected chi connectivity index (χ1v) is 9.87. The molecular weight excluding hydrogens is 361 g/mol. The SMILES string of the molecule is Cc1ccc(CC(=O)N(CC[NH+](C)C)c2nc3ccc(F)cc3s2)c(C)c1. The van der Waals surface area contributed by atoms with Gasteiger partial charge >= 0.3 is 0 Å². The molecule has 0 saturated carbocycles. The van der Waals surface area contributed by atoms with Gasteiger partial charge in [-0.3, -0.25) is 9.69 Å². The highest BCUT2D eigenvalue weighted by Crippen LogP contribution is 2.29. The van der Waals surface area contributed by atoms with E-state index in [9.17, 15) is 9.18 Å². The molecule has 0 aliphatic heterocycles. The third kappa shape index (κ3) is 4.70. The van der Waals surface area contributed by atoms with Gasteiger partial charge in [-0.2, -0.15) is 0 Å². The third-order valence-electron chi connectivity index (χ3n) is 4.55. The summed E-state index contributed by atoms with van der Waals surface area (Å²) in [6.45, 7) is 5.46. The molecule has 0 saturated heterocycles. The Labute approximate surface area is 163 Å². The van der Waals surface area contributed by atoms with Crippen molar-refractivity contribution < 1.29 is 14.1 Å². The van der Waals surface area contributed by atoms with Gasteiger partial charge in [-0.1, -0.05) is 35.1 Å². The van der Waals surface area contributed by atoms with Crippen molar-refractivity contribution in [2.75, 3.05) is 32.1 Å². The second-order valence-electron chi connectivity index (χ2n) is 7.22. The maximum Gasteiger partial charge on any atom is 0.233 e. The van der Waals surface area contributed by atoms with Crippen LogP contribution in [0.25, 0.3) is 10.2 Å². The smallest absolute Gasteiger partial charge is 0.233 e. The van der Waals surface area contributed by atoms with Crippen LogP contribution < -0.4 is 9.80 Å². The molecule has 1 amide bonds. The number of likely N-dealkylation sites (N-methyl/N-ethyl adjacent to an activating group) is 1. The van der Waals surface area contributed by atoms with Gasteiger partial charge in [0.15, 0.2) is 5.13 Å². The van der Waals surface area contributed by atoms with Gasteiger partial charge in [0.25, 0.3) is 0 Å². The third-order valence-corrected chi connectivity index (χ3v) is 5.59. The lowest BCUT2D eigenvalue weighted by atomic mass is 10.0. The van der Waals surface area contributed by atoms with Crippen LogP contribution >= 0.6 is 11.3 Å². The minimum atomic E-state index is -0.288. The molecule has 2 aromatic carbocycles. The summed E-state index contributed by atoms with van der Waals surface area (Å²) in [5.41, 5.74) is 4.05. The Kier molecular flexibility index (Phi) is 5.87. The minimum Gasteiger partial charge on any atom is -0.338 e. The highest BCUT2D eigenvalue weighted by molar-refractivity contribution is 7.22. The van der Waals surface area contributed by atoms with Gasteiger partial charge < -0.3 is 4.90 Å². The average molecular weight is 387 g/mol. The van der Waals surface area contributed by atoms with Crippen molar-refractivity contribution in [2.45, 2.75) is 20.3 Å². The normalized spacial score (nSPS) is 11.3. The molecule has 1 aromatic heterocycles. The second-order valence-corrected chi connectivity index (χ2v) is 8.23. The van der Waals surface area contributed by atoms with E-state index < -0.39 is 0 Å². The number of quaternary nitrogens is 1. The number of aryl methyl sites for hydroxylation is 2. The fourth-order valence-electron chi connectivity index (χ4n) is 2.97. The molecule has 3 aromatic rings. The van der Waals surface area contributed by atoms with E-state index in [0.29, 0.717) is 18.1 Å². The van der Waals surface area contributed by atoms with Crippen LogP contribution in [0, 0.1) is 19.7 Å². The first kappa shape index (κ1) is 19.5. The molecule has 0 fully saturated rings. The van der Waals surface area contributed by atoms with Crippen LogP contribution in [0.2, 0.25) is 0 Å². The highest BCUT2D eigenvalue weighted by Gasteiger charge is 2.21. The summed E-state index contributed by atoms with van der Waals surface area (Å²) >= 11 is 1.36. The van der Waals surface area contributed by atoms with Gasteiger partial charge in [-0.15, -0.1) is 0 Å². The first-order valence-electron chi connectivity index (χ1n) is 9.05. The Bertz CT molecular complexity index is 967. The number of rotatable bonds is 6. The topological polar surface area (TPSA) is 37.6 Å². The van der Waals surface area contributed by atoms with E-state index in [4.69, 9.17) is 0 Å². The Hall–Kier alpha value is -2.31. The summed E-state index contributed by atoms with van der Waals surface area (Å²) in [5.74, 6) is -0.272. The number of hydrogen-bond acceptors (Lipinski definition) is 3. The zero-order valence-corrected chi connectivity index (χ0v) is 17.0. The number of fused-ring (bicyclic) bond motifs is 1. The molecule has 3 rings (SSSR count). The highest BCUT2D eigenvalue weighted by atomic mass is 32.1. The van der Waals surface area contributed by atoms with E-state index in [1.54, 1.807) is 11.0 Å². The van der Waals surface area contributed by atoms with Gasteiger partial charge in [0.1, 0.15) is 5.82 Å². The van der Waals surface area contributed by atoms with Crippen LogP contribution in [-0.4, -0.2) is 38.1 Å².